The third-order valence-corrected chi connectivity index (χ3v) is 2.60. The summed E-state index contributed by atoms with van der Waals surface area (Å²) in [4.78, 5) is 15.2. The third kappa shape index (κ3) is 2.97. The fraction of sp³-hybridized carbons (Fsp3) is 0.143. The van der Waals surface area contributed by atoms with Crippen molar-refractivity contribution in [2.75, 3.05) is 0 Å². The molecule has 0 amide bonds. The van der Waals surface area contributed by atoms with E-state index in [2.05, 4.69) is 4.98 Å². The summed E-state index contributed by atoms with van der Waals surface area (Å²) in [6, 6.07) is 11.7. The van der Waals surface area contributed by atoms with Gasteiger partial charge in [-0.1, -0.05) is 18.2 Å². The summed E-state index contributed by atoms with van der Waals surface area (Å²) in [5.41, 5.74) is 1.51. The quantitative estimate of drug-likeness (QED) is 0.754. The van der Waals surface area contributed by atoms with Gasteiger partial charge in [-0.05, 0) is 29.8 Å². The summed E-state index contributed by atoms with van der Waals surface area (Å²) >= 11 is 0. The lowest BCUT2D eigenvalue weighted by Gasteiger charge is -2.10. The average Bonchev–Trinajstić information content (AvgIpc) is 2.37. The van der Waals surface area contributed by atoms with E-state index in [1.807, 2.05) is 18.2 Å². The van der Waals surface area contributed by atoms with Gasteiger partial charge < -0.3 is 4.79 Å². The Labute approximate surface area is 99.1 Å². The Hall–Kier alpha value is -2.03. The van der Waals surface area contributed by atoms with Gasteiger partial charge in [0.15, 0.2) is 0 Å². The van der Waals surface area contributed by atoms with Crippen molar-refractivity contribution in [2.24, 2.45) is 0 Å². The van der Waals surface area contributed by atoms with E-state index in [-0.39, 0.29) is 11.7 Å². The summed E-state index contributed by atoms with van der Waals surface area (Å²) < 4.78 is 13.1. The first-order valence-corrected chi connectivity index (χ1v) is 5.40. The molecule has 0 aliphatic heterocycles. The van der Waals surface area contributed by atoms with Crippen LogP contribution >= 0.6 is 0 Å². The molecule has 0 saturated carbocycles. The number of pyridine rings is 1. The molecule has 0 aliphatic carbocycles. The molecule has 1 heterocycles. The topological polar surface area (TPSA) is 30.0 Å². The standard InChI is InChI=1S/C14H12FNO/c15-13-5-3-4-11(8-13)12(10-17)9-14-6-1-2-7-16-14/h1-8,10,12H,9H2. The third-order valence-electron chi connectivity index (χ3n) is 2.60. The van der Waals surface area contributed by atoms with Crippen LogP contribution in [0, 0.1) is 5.82 Å². The Kier molecular flexibility index (Phi) is 3.60. The Morgan fingerprint density at radius 3 is 2.76 bits per heavy atom. The summed E-state index contributed by atoms with van der Waals surface area (Å²) in [7, 11) is 0. The average molecular weight is 229 g/mol. The molecule has 2 rings (SSSR count). The maximum absolute atomic E-state index is 13.1. The highest BCUT2D eigenvalue weighted by Crippen LogP contribution is 2.18. The minimum Gasteiger partial charge on any atom is -0.303 e. The molecule has 1 aromatic carbocycles. The number of carbonyl (C=O) groups is 1. The van der Waals surface area contributed by atoms with Crippen molar-refractivity contribution in [2.45, 2.75) is 12.3 Å². The molecule has 1 unspecified atom stereocenters. The zero-order valence-corrected chi connectivity index (χ0v) is 9.21. The number of halogens is 1. The van der Waals surface area contributed by atoms with Gasteiger partial charge in [-0.2, -0.15) is 0 Å². The smallest absolute Gasteiger partial charge is 0.127 e. The number of aromatic nitrogens is 1. The molecule has 3 heteroatoms. The van der Waals surface area contributed by atoms with Crippen molar-refractivity contribution in [1.82, 2.24) is 4.98 Å². The van der Waals surface area contributed by atoms with E-state index >= 15 is 0 Å². The molecule has 0 bridgehead atoms. The van der Waals surface area contributed by atoms with Crippen molar-refractivity contribution >= 4 is 6.29 Å². The first-order chi connectivity index (χ1) is 8.29. The lowest BCUT2D eigenvalue weighted by Crippen LogP contribution is -2.05. The molecule has 2 nitrogen and oxygen atoms in total. The van der Waals surface area contributed by atoms with E-state index in [0.29, 0.717) is 12.0 Å². The molecule has 0 saturated heterocycles. The van der Waals surface area contributed by atoms with Gasteiger partial charge in [0.1, 0.15) is 12.1 Å². The first kappa shape index (κ1) is 11.5. The number of benzene rings is 1. The van der Waals surface area contributed by atoms with Gasteiger partial charge in [-0.25, -0.2) is 4.39 Å². The van der Waals surface area contributed by atoms with Crippen LogP contribution in [-0.2, 0) is 11.2 Å². The number of rotatable bonds is 4. The second kappa shape index (κ2) is 5.34. The van der Waals surface area contributed by atoms with Crippen LogP contribution < -0.4 is 0 Å². The Morgan fingerprint density at radius 1 is 1.24 bits per heavy atom. The van der Waals surface area contributed by atoms with E-state index in [0.717, 1.165) is 12.0 Å². The highest BCUT2D eigenvalue weighted by Gasteiger charge is 2.12. The normalized spacial score (nSPS) is 12.1. The van der Waals surface area contributed by atoms with E-state index in [4.69, 9.17) is 0 Å². The molecule has 2 aromatic rings. The highest BCUT2D eigenvalue weighted by atomic mass is 19.1. The fourth-order valence-electron chi connectivity index (χ4n) is 1.73. The zero-order valence-electron chi connectivity index (χ0n) is 9.21. The van der Waals surface area contributed by atoms with Crippen LogP contribution in [-0.4, -0.2) is 11.3 Å². The van der Waals surface area contributed by atoms with E-state index in [9.17, 15) is 9.18 Å². The Bertz CT molecular complexity index is 499. The Morgan fingerprint density at radius 2 is 2.12 bits per heavy atom. The summed E-state index contributed by atoms with van der Waals surface area (Å²) in [5.74, 6) is -0.670. The van der Waals surface area contributed by atoms with Crippen LogP contribution in [0.15, 0.2) is 48.7 Å². The molecule has 17 heavy (non-hydrogen) atoms. The van der Waals surface area contributed by atoms with Gasteiger partial charge in [0.25, 0.3) is 0 Å². The number of carbonyl (C=O) groups excluding carboxylic acids is 1. The number of hydrogen-bond donors (Lipinski definition) is 0. The maximum atomic E-state index is 13.1. The minimum absolute atomic E-state index is 0.324. The van der Waals surface area contributed by atoms with E-state index < -0.39 is 0 Å². The van der Waals surface area contributed by atoms with Crippen LogP contribution in [0.4, 0.5) is 4.39 Å². The molecule has 0 fully saturated rings. The maximum Gasteiger partial charge on any atom is 0.127 e. The molecule has 1 aromatic heterocycles. The van der Waals surface area contributed by atoms with Crippen LogP contribution in [0.3, 0.4) is 0 Å². The second-order valence-corrected chi connectivity index (χ2v) is 3.82. The molecule has 0 aliphatic rings. The van der Waals surface area contributed by atoms with Crippen molar-refractivity contribution in [3.05, 3.63) is 65.7 Å². The molecule has 0 spiro atoms. The van der Waals surface area contributed by atoms with Crippen LogP contribution in [0.25, 0.3) is 0 Å². The SMILES string of the molecule is O=CC(Cc1ccccn1)c1cccc(F)c1. The van der Waals surface area contributed by atoms with Crippen molar-refractivity contribution in [3.63, 3.8) is 0 Å². The number of aldehydes is 1. The summed E-state index contributed by atoms with van der Waals surface area (Å²) in [6.07, 6.45) is 3.01. The van der Waals surface area contributed by atoms with Gasteiger partial charge in [0.05, 0.1) is 0 Å². The van der Waals surface area contributed by atoms with Gasteiger partial charge in [-0.15, -0.1) is 0 Å². The van der Waals surface area contributed by atoms with Crippen molar-refractivity contribution < 1.29 is 9.18 Å². The largest absolute Gasteiger partial charge is 0.303 e. The summed E-state index contributed by atoms with van der Waals surface area (Å²) in [5, 5.41) is 0. The van der Waals surface area contributed by atoms with Gasteiger partial charge >= 0.3 is 0 Å². The van der Waals surface area contributed by atoms with Gasteiger partial charge in [0, 0.05) is 24.2 Å². The molecule has 0 radical (unpaired) electrons. The van der Waals surface area contributed by atoms with E-state index in [1.165, 1.54) is 12.1 Å². The lowest BCUT2D eigenvalue weighted by atomic mass is 9.95. The van der Waals surface area contributed by atoms with Gasteiger partial charge in [-0.3, -0.25) is 4.98 Å². The van der Waals surface area contributed by atoms with Gasteiger partial charge in [0.2, 0.25) is 0 Å². The fourth-order valence-corrected chi connectivity index (χ4v) is 1.73. The minimum atomic E-state index is -0.347. The first-order valence-electron chi connectivity index (χ1n) is 5.40. The number of hydrogen-bond acceptors (Lipinski definition) is 2. The highest BCUT2D eigenvalue weighted by molar-refractivity contribution is 5.62. The molecule has 86 valence electrons. The van der Waals surface area contributed by atoms with Crippen molar-refractivity contribution in [1.29, 1.82) is 0 Å². The second-order valence-electron chi connectivity index (χ2n) is 3.82. The predicted molar refractivity (Wildman–Crippen MR) is 63.1 cm³/mol. The molecule has 1 atom stereocenters. The molecular weight excluding hydrogens is 217 g/mol. The number of nitrogens with zero attached hydrogens (tertiary/aromatic N) is 1. The Balaban J connectivity index is 2.20. The molecular formula is C14H12FNO. The van der Waals surface area contributed by atoms with Crippen LogP contribution in [0.5, 0.6) is 0 Å². The zero-order chi connectivity index (χ0) is 12.1. The predicted octanol–water partition coefficient (Wildman–Crippen LogP) is 2.75. The lowest BCUT2D eigenvalue weighted by molar-refractivity contribution is -0.109. The molecule has 0 N–H and O–H groups in total. The monoisotopic (exact) mass is 229 g/mol. The van der Waals surface area contributed by atoms with Crippen molar-refractivity contribution in [3.8, 4) is 0 Å². The van der Waals surface area contributed by atoms with Crippen LogP contribution in [0.2, 0.25) is 0 Å². The van der Waals surface area contributed by atoms with E-state index in [1.54, 1.807) is 18.3 Å². The van der Waals surface area contributed by atoms with Crippen LogP contribution in [0.1, 0.15) is 17.2 Å². The summed E-state index contributed by atoms with van der Waals surface area (Å²) in [6.45, 7) is 0.